The van der Waals surface area contributed by atoms with Crippen LogP contribution in [0.3, 0.4) is 0 Å². The van der Waals surface area contributed by atoms with Gasteiger partial charge in [-0.25, -0.2) is 0 Å². The van der Waals surface area contributed by atoms with E-state index in [0.717, 1.165) is 16.3 Å². The van der Waals surface area contributed by atoms with Crippen LogP contribution in [-0.2, 0) is 4.79 Å². The molecule has 0 spiro atoms. The average molecular weight is 439 g/mol. The molecule has 1 unspecified atom stereocenters. The lowest BCUT2D eigenvalue weighted by Crippen LogP contribution is -2.24. The molecule has 30 heavy (non-hydrogen) atoms. The molecule has 0 fully saturated rings. The van der Waals surface area contributed by atoms with E-state index in [1.54, 1.807) is 6.07 Å². The molecule has 1 atom stereocenters. The minimum absolute atomic E-state index is 0.0205. The third kappa shape index (κ3) is 5.97. The lowest BCUT2D eigenvalue weighted by Gasteiger charge is -2.16. The molecule has 0 aliphatic carbocycles. The van der Waals surface area contributed by atoms with Gasteiger partial charge in [0.15, 0.2) is 0 Å². The zero-order valence-electron chi connectivity index (χ0n) is 17.3. The van der Waals surface area contributed by atoms with Crippen molar-refractivity contribution in [3.63, 3.8) is 0 Å². The van der Waals surface area contributed by atoms with Crippen LogP contribution < -0.4 is 10.6 Å². The predicted molar refractivity (Wildman–Crippen MR) is 128 cm³/mol. The van der Waals surface area contributed by atoms with Gasteiger partial charge >= 0.3 is 0 Å². The van der Waals surface area contributed by atoms with Gasteiger partial charge in [-0.05, 0) is 59.7 Å². The lowest BCUT2D eigenvalue weighted by molar-refractivity contribution is -0.115. The summed E-state index contributed by atoms with van der Waals surface area (Å²) in [6, 6.07) is 19.3. The van der Waals surface area contributed by atoms with Gasteiger partial charge in [0.25, 0.3) is 5.91 Å². The smallest absolute Gasteiger partial charge is 0.265 e. The van der Waals surface area contributed by atoms with Crippen LogP contribution in [-0.4, -0.2) is 17.1 Å². The van der Waals surface area contributed by atoms with E-state index in [1.807, 2.05) is 66.9 Å². The van der Waals surface area contributed by atoms with Crippen molar-refractivity contribution in [3.8, 4) is 0 Å². The maximum atomic E-state index is 12.8. The first-order valence-corrected chi connectivity index (χ1v) is 11.7. The van der Waals surface area contributed by atoms with Crippen molar-refractivity contribution >= 4 is 46.3 Å². The van der Waals surface area contributed by atoms with Gasteiger partial charge in [0.1, 0.15) is 0 Å². The Hall–Kier alpha value is -2.57. The second kappa shape index (κ2) is 10.5. The van der Waals surface area contributed by atoms with Gasteiger partial charge in [0.05, 0.1) is 10.1 Å². The van der Waals surface area contributed by atoms with Crippen molar-refractivity contribution in [2.24, 2.45) is 0 Å². The molecule has 4 nitrogen and oxygen atoms in total. The van der Waals surface area contributed by atoms with Crippen LogP contribution in [0, 0.1) is 0 Å². The van der Waals surface area contributed by atoms with Gasteiger partial charge in [-0.1, -0.05) is 45.0 Å². The molecule has 0 saturated carbocycles. The average Bonchev–Trinajstić information content (AvgIpc) is 3.28. The van der Waals surface area contributed by atoms with Gasteiger partial charge < -0.3 is 10.6 Å². The topological polar surface area (TPSA) is 58.2 Å². The highest BCUT2D eigenvalue weighted by Crippen LogP contribution is 2.29. The number of amides is 2. The van der Waals surface area contributed by atoms with Crippen molar-refractivity contribution in [1.29, 1.82) is 0 Å². The van der Waals surface area contributed by atoms with Gasteiger partial charge in [-0.15, -0.1) is 23.1 Å². The fourth-order valence-electron chi connectivity index (χ4n) is 2.91. The number of rotatable bonds is 8. The molecule has 156 valence electrons. The maximum Gasteiger partial charge on any atom is 0.265 e. The van der Waals surface area contributed by atoms with Crippen molar-refractivity contribution in [1.82, 2.24) is 0 Å². The second-order valence-electron chi connectivity index (χ2n) is 7.24. The number of nitrogens with one attached hydrogen (secondary N) is 2. The quantitative estimate of drug-likeness (QED) is 0.388. The Morgan fingerprint density at radius 1 is 0.967 bits per heavy atom. The molecule has 3 rings (SSSR count). The minimum atomic E-state index is -0.224. The Labute approximate surface area is 186 Å². The van der Waals surface area contributed by atoms with E-state index in [2.05, 4.69) is 24.5 Å². The fraction of sp³-hybridized carbons (Fsp3) is 0.250. The van der Waals surface area contributed by atoms with Gasteiger partial charge in [0, 0.05) is 16.3 Å². The third-order valence-corrected chi connectivity index (χ3v) is 6.85. The Bertz CT molecular complexity index is 983. The first-order valence-electron chi connectivity index (χ1n) is 9.98. The van der Waals surface area contributed by atoms with Crippen LogP contribution in [0.5, 0.6) is 0 Å². The zero-order valence-corrected chi connectivity index (χ0v) is 19.0. The molecule has 6 heteroatoms. The van der Waals surface area contributed by atoms with Crippen LogP contribution in [0.4, 0.5) is 11.4 Å². The number of anilines is 2. The summed E-state index contributed by atoms with van der Waals surface area (Å²) in [6.45, 7) is 6.30. The van der Waals surface area contributed by atoms with Gasteiger partial charge in [-0.3, -0.25) is 9.59 Å². The molecule has 2 aromatic carbocycles. The summed E-state index contributed by atoms with van der Waals surface area (Å²) in [5.74, 6) is 0.316. The van der Waals surface area contributed by atoms with E-state index < -0.39 is 0 Å². The molecular weight excluding hydrogens is 412 g/mol. The molecule has 3 aromatic rings. The molecule has 1 aromatic heterocycles. The second-order valence-corrected chi connectivity index (χ2v) is 9.46. The standard InChI is InChI=1S/C24H26N2O2S2/c1-4-21(23(27)25-18-12-10-17(11-13-18)16(2)3)30-20-8-5-7-19(15-20)26-24(28)22-9-6-14-29-22/h5-16,21H,4H2,1-3H3,(H,25,27)(H,26,28). The highest BCUT2D eigenvalue weighted by Gasteiger charge is 2.18. The summed E-state index contributed by atoms with van der Waals surface area (Å²) >= 11 is 2.91. The number of carbonyl (C=O) groups is 2. The number of thiophene rings is 1. The van der Waals surface area contributed by atoms with E-state index in [4.69, 9.17) is 0 Å². The summed E-state index contributed by atoms with van der Waals surface area (Å²) in [6.07, 6.45) is 0.701. The van der Waals surface area contributed by atoms with E-state index in [0.29, 0.717) is 17.2 Å². The molecule has 0 saturated heterocycles. The molecule has 0 aliphatic rings. The minimum Gasteiger partial charge on any atom is -0.325 e. The lowest BCUT2D eigenvalue weighted by atomic mass is 10.0. The Balaban J connectivity index is 1.63. The summed E-state index contributed by atoms with van der Waals surface area (Å²) in [5, 5.41) is 7.59. The number of carbonyl (C=O) groups excluding carboxylic acids is 2. The summed E-state index contributed by atoms with van der Waals surface area (Å²) in [5.41, 5.74) is 2.77. The van der Waals surface area contributed by atoms with Crippen LogP contribution in [0.1, 0.15) is 48.3 Å². The monoisotopic (exact) mass is 438 g/mol. The molecule has 2 N–H and O–H groups in total. The Kier molecular flexibility index (Phi) is 7.71. The van der Waals surface area contributed by atoms with Crippen LogP contribution >= 0.6 is 23.1 Å². The number of hydrogen-bond acceptors (Lipinski definition) is 4. The zero-order chi connectivity index (χ0) is 21.5. The largest absolute Gasteiger partial charge is 0.325 e. The number of thioether (sulfide) groups is 1. The Morgan fingerprint density at radius 2 is 1.73 bits per heavy atom. The van der Waals surface area contributed by atoms with Gasteiger partial charge in [-0.2, -0.15) is 0 Å². The highest BCUT2D eigenvalue weighted by molar-refractivity contribution is 8.00. The highest BCUT2D eigenvalue weighted by atomic mass is 32.2. The first-order chi connectivity index (χ1) is 14.5. The van der Waals surface area contributed by atoms with Gasteiger partial charge in [0.2, 0.25) is 5.91 Å². The third-order valence-electron chi connectivity index (χ3n) is 4.62. The Morgan fingerprint density at radius 3 is 2.37 bits per heavy atom. The molecule has 2 amide bonds. The van der Waals surface area contributed by atoms with Crippen molar-refractivity contribution < 1.29 is 9.59 Å². The van der Waals surface area contributed by atoms with Crippen LogP contribution in [0.25, 0.3) is 0 Å². The molecular formula is C24H26N2O2S2. The first kappa shape index (κ1) is 22.1. The number of hydrogen-bond donors (Lipinski definition) is 2. The van der Waals surface area contributed by atoms with E-state index in [9.17, 15) is 9.59 Å². The van der Waals surface area contributed by atoms with E-state index in [1.165, 1.54) is 28.7 Å². The fourth-order valence-corrected chi connectivity index (χ4v) is 4.54. The van der Waals surface area contributed by atoms with E-state index >= 15 is 0 Å². The van der Waals surface area contributed by atoms with Crippen molar-refractivity contribution in [3.05, 3.63) is 76.5 Å². The molecule has 0 radical (unpaired) electrons. The summed E-state index contributed by atoms with van der Waals surface area (Å²) < 4.78 is 0. The van der Waals surface area contributed by atoms with Crippen molar-refractivity contribution in [2.45, 2.75) is 43.3 Å². The normalized spacial score (nSPS) is 11.9. The SMILES string of the molecule is CCC(Sc1cccc(NC(=O)c2cccs2)c1)C(=O)Nc1ccc(C(C)C)cc1. The van der Waals surface area contributed by atoms with Crippen LogP contribution in [0.2, 0.25) is 0 Å². The van der Waals surface area contributed by atoms with E-state index in [-0.39, 0.29) is 17.1 Å². The summed E-state index contributed by atoms with van der Waals surface area (Å²) in [7, 11) is 0. The van der Waals surface area contributed by atoms with Crippen molar-refractivity contribution in [2.75, 3.05) is 10.6 Å². The van der Waals surface area contributed by atoms with Crippen LogP contribution in [0.15, 0.2) is 70.9 Å². The summed E-state index contributed by atoms with van der Waals surface area (Å²) in [4.78, 5) is 26.7. The molecule has 0 aliphatic heterocycles. The maximum absolute atomic E-state index is 12.8. The number of benzene rings is 2. The molecule has 0 bridgehead atoms. The molecule has 1 heterocycles. The predicted octanol–water partition coefficient (Wildman–Crippen LogP) is 6.63.